The first-order chi connectivity index (χ1) is 10.4. The largest absolute Gasteiger partial charge is 0.265 e. The molecule has 0 saturated heterocycles. The van der Waals surface area contributed by atoms with Crippen molar-refractivity contribution in [2.24, 2.45) is 0 Å². The van der Waals surface area contributed by atoms with E-state index in [2.05, 4.69) is 35.8 Å². The Labute approximate surface area is 136 Å². The quantitative estimate of drug-likeness (QED) is 0.375. The molecule has 0 fully saturated rings. The smallest absolute Gasteiger partial charge is 0.0270 e. The van der Waals surface area contributed by atoms with Crippen molar-refractivity contribution < 1.29 is 0 Å². The minimum atomic E-state index is 1.19. The van der Waals surface area contributed by atoms with Crippen LogP contribution in [0.25, 0.3) is 0 Å². The molecule has 1 aromatic rings. The predicted molar refractivity (Wildman–Crippen MR) is 97.1 cm³/mol. The summed E-state index contributed by atoms with van der Waals surface area (Å²) in [6.07, 6.45) is 19.3. The zero-order valence-corrected chi connectivity index (χ0v) is 14.7. The molecule has 1 heterocycles. The summed E-state index contributed by atoms with van der Waals surface area (Å²) in [5, 5.41) is 0. The fourth-order valence-electron chi connectivity index (χ4n) is 2.53. The Kier molecular flexibility index (Phi) is 12.8. The lowest BCUT2D eigenvalue weighted by molar-refractivity contribution is 0.563. The lowest BCUT2D eigenvalue weighted by Gasteiger charge is -2.03. The molecular weight excluding hydrogens is 274 g/mol. The molecule has 0 aliphatic heterocycles. The summed E-state index contributed by atoms with van der Waals surface area (Å²) in [7, 11) is 0. The van der Waals surface area contributed by atoms with E-state index in [1.807, 2.05) is 12.4 Å². The number of aryl methyl sites for hydroxylation is 1. The normalized spacial score (nSPS) is 10.9. The van der Waals surface area contributed by atoms with Gasteiger partial charge in [0.25, 0.3) is 0 Å². The van der Waals surface area contributed by atoms with Crippen LogP contribution in [0.15, 0.2) is 24.5 Å². The van der Waals surface area contributed by atoms with E-state index in [-0.39, 0.29) is 0 Å². The minimum Gasteiger partial charge on any atom is -0.265 e. The van der Waals surface area contributed by atoms with E-state index in [0.717, 1.165) is 0 Å². The van der Waals surface area contributed by atoms with E-state index >= 15 is 0 Å². The first kappa shape index (κ1) is 18.5. The van der Waals surface area contributed by atoms with Gasteiger partial charge >= 0.3 is 0 Å². The Bertz CT molecular complexity index is 313. The molecule has 0 radical (unpaired) electrons. The van der Waals surface area contributed by atoms with E-state index in [9.17, 15) is 0 Å². The van der Waals surface area contributed by atoms with Crippen molar-refractivity contribution in [3.8, 4) is 0 Å². The highest BCUT2D eigenvalue weighted by Gasteiger charge is 1.95. The SMILES string of the molecule is CCCCCCCCCCCCSCCc1ccncc1. The van der Waals surface area contributed by atoms with Crippen LogP contribution in [-0.4, -0.2) is 16.5 Å². The summed E-state index contributed by atoms with van der Waals surface area (Å²) in [6.45, 7) is 2.29. The van der Waals surface area contributed by atoms with E-state index in [0.29, 0.717) is 0 Å². The van der Waals surface area contributed by atoms with Crippen LogP contribution in [0.2, 0.25) is 0 Å². The fourth-order valence-corrected chi connectivity index (χ4v) is 3.53. The number of hydrogen-bond donors (Lipinski definition) is 0. The molecule has 1 nitrogen and oxygen atoms in total. The van der Waals surface area contributed by atoms with Crippen LogP contribution in [0.1, 0.15) is 76.7 Å². The number of thioether (sulfide) groups is 1. The van der Waals surface area contributed by atoms with Crippen molar-refractivity contribution in [1.82, 2.24) is 4.98 Å². The molecule has 0 atom stereocenters. The first-order valence-corrected chi connectivity index (χ1v) is 10.1. The predicted octanol–water partition coefficient (Wildman–Crippen LogP) is 6.28. The third kappa shape index (κ3) is 11.8. The van der Waals surface area contributed by atoms with Crippen molar-refractivity contribution in [1.29, 1.82) is 0 Å². The van der Waals surface area contributed by atoms with Crippen molar-refractivity contribution in [2.75, 3.05) is 11.5 Å². The van der Waals surface area contributed by atoms with Crippen LogP contribution in [-0.2, 0) is 6.42 Å². The molecule has 21 heavy (non-hydrogen) atoms. The summed E-state index contributed by atoms with van der Waals surface area (Å²) < 4.78 is 0. The zero-order chi connectivity index (χ0) is 15.0. The van der Waals surface area contributed by atoms with Crippen LogP contribution in [0, 0.1) is 0 Å². The highest BCUT2D eigenvalue weighted by atomic mass is 32.2. The molecule has 0 saturated carbocycles. The Balaban J connectivity index is 1.75. The van der Waals surface area contributed by atoms with Crippen molar-refractivity contribution in [3.63, 3.8) is 0 Å². The van der Waals surface area contributed by atoms with Gasteiger partial charge in [-0.3, -0.25) is 4.98 Å². The minimum absolute atomic E-state index is 1.19. The number of aromatic nitrogens is 1. The number of nitrogens with zero attached hydrogens (tertiary/aromatic N) is 1. The average Bonchev–Trinajstić information content (AvgIpc) is 2.53. The average molecular weight is 308 g/mol. The van der Waals surface area contributed by atoms with Gasteiger partial charge in [-0.25, -0.2) is 0 Å². The first-order valence-electron chi connectivity index (χ1n) is 8.90. The van der Waals surface area contributed by atoms with Gasteiger partial charge in [0.15, 0.2) is 0 Å². The Morgan fingerprint density at radius 1 is 0.762 bits per heavy atom. The van der Waals surface area contributed by atoms with Crippen LogP contribution < -0.4 is 0 Å². The molecular formula is C19H33NS. The molecule has 0 aromatic carbocycles. The Morgan fingerprint density at radius 2 is 1.33 bits per heavy atom. The van der Waals surface area contributed by atoms with Crippen molar-refractivity contribution in [2.45, 2.75) is 77.6 Å². The highest BCUT2D eigenvalue weighted by Crippen LogP contribution is 2.13. The second kappa shape index (κ2) is 14.4. The van der Waals surface area contributed by atoms with E-state index < -0.39 is 0 Å². The highest BCUT2D eigenvalue weighted by molar-refractivity contribution is 7.99. The van der Waals surface area contributed by atoms with Crippen LogP contribution in [0.3, 0.4) is 0 Å². The lowest BCUT2D eigenvalue weighted by Crippen LogP contribution is -1.90. The van der Waals surface area contributed by atoms with Gasteiger partial charge in [-0.15, -0.1) is 0 Å². The van der Waals surface area contributed by atoms with Crippen molar-refractivity contribution in [3.05, 3.63) is 30.1 Å². The Hall–Kier alpha value is -0.500. The summed E-state index contributed by atoms with van der Waals surface area (Å²) in [5.41, 5.74) is 1.42. The van der Waals surface area contributed by atoms with Crippen molar-refractivity contribution >= 4 is 11.8 Å². The molecule has 0 unspecified atom stereocenters. The third-order valence-corrected chi connectivity index (χ3v) is 5.00. The molecule has 0 aliphatic carbocycles. The molecule has 120 valence electrons. The van der Waals surface area contributed by atoms with E-state index in [1.54, 1.807) is 0 Å². The molecule has 0 spiro atoms. The molecule has 1 aromatic heterocycles. The second-order valence-corrected chi connectivity index (χ2v) is 7.12. The maximum absolute atomic E-state index is 4.05. The van der Waals surface area contributed by atoms with E-state index in [1.165, 1.54) is 87.7 Å². The molecule has 0 bridgehead atoms. The third-order valence-electron chi connectivity index (χ3n) is 3.93. The van der Waals surface area contributed by atoms with Gasteiger partial charge in [0.2, 0.25) is 0 Å². The summed E-state index contributed by atoms with van der Waals surface area (Å²) in [5.74, 6) is 2.59. The number of rotatable bonds is 14. The van der Waals surface area contributed by atoms with Crippen LogP contribution in [0.5, 0.6) is 0 Å². The zero-order valence-electron chi connectivity index (χ0n) is 13.9. The number of hydrogen-bond acceptors (Lipinski definition) is 2. The maximum atomic E-state index is 4.05. The van der Waals surface area contributed by atoms with Gasteiger partial charge in [-0.1, -0.05) is 64.7 Å². The van der Waals surface area contributed by atoms with Gasteiger partial charge in [0.05, 0.1) is 0 Å². The molecule has 0 amide bonds. The van der Waals surface area contributed by atoms with Crippen LogP contribution in [0.4, 0.5) is 0 Å². The summed E-state index contributed by atoms with van der Waals surface area (Å²) >= 11 is 2.11. The lowest BCUT2D eigenvalue weighted by atomic mass is 10.1. The summed E-state index contributed by atoms with van der Waals surface area (Å²) in [4.78, 5) is 4.05. The standard InChI is InChI=1S/C19H33NS/c1-2-3-4-5-6-7-8-9-10-11-17-21-18-14-19-12-15-20-16-13-19/h12-13,15-16H,2-11,14,17-18H2,1H3. The fraction of sp³-hybridized carbons (Fsp3) is 0.737. The Morgan fingerprint density at radius 3 is 1.95 bits per heavy atom. The van der Waals surface area contributed by atoms with Gasteiger partial charge in [-0.05, 0) is 42.0 Å². The monoisotopic (exact) mass is 307 g/mol. The topological polar surface area (TPSA) is 12.9 Å². The molecule has 1 rings (SSSR count). The molecule has 2 heteroatoms. The number of unbranched alkanes of at least 4 members (excludes halogenated alkanes) is 9. The number of pyridine rings is 1. The van der Waals surface area contributed by atoms with E-state index in [4.69, 9.17) is 0 Å². The second-order valence-electron chi connectivity index (χ2n) is 5.90. The maximum Gasteiger partial charge on any atom is 0.0270 e. The summed E-state index contributed by atoms with van der Waals surface area (Å²) in [6, 6.07) is 4.25. The molecule has 0 N–H and O–H groups in total. The van der Waals surface area contributed by atoms with Crippen LogP contribution >= 0.6 is 11.8 Å². The van der Waals surface area contributed by atoms with Gasteiger partial charge in [-0.2, -0.15) is 11.8 Å². The van der Waals surface area contributed by atoms with Gasteiger partial charge < -0.3 is 0 Å². The van der Waals surface area contributed by atoms with Gasteiger partial charge in [0, 0.05) is 12.4 Å². The van der Waals surface area contributed by atoms with Gasteiger partial charge in [0.1, 0.15) is 0 Å². The molecule has 0 aliphatic rings.